The number of aromatic amines is 1. The summed E-state index contributed by atoms with van der Waals surface area (Å²) in [7, 11) is 0. The number of nitrogens with zero attached hydrogens (tertiary/aromatic N) is 2. The van der Waals surface area contributed by atoms with Crippen molar-refractivity contribution in [3.05, 3.63) is 69.9 Å². The fourth-order valence-electron chi connectivity index (χ4n) is 3.21. The molecule has 6 heteroatoms. The van der Waals surface area contributed by atoms with Crippen molar-refractivity contribution in [2.75, 3.05) is 0 Å². The molecule has 1 aliphatic rings. The first-order valence-corrected chi connectivity index (χ1v) is 8.07. The van der Waals surface area contributed by atoms with Crippen LogP contribution in [0.5, 0.6) is 0 Å². The number of benzene rings is 1. The third-order valence-corrected chi connectivity index (χ3v) is 4.43. The maximum atomic E-state index is 12.6. The predicted octanol–water partition coefficient (Wildman–Crippen LogP) is 3.13. The van der Waals surface area contributed by atoms with E-state index in [0.717, 1.165) is 16.5 Å². The van der Waals surface area contributed by atoms with Crippen LogP contribution in [0, 0.1) is 6.92 Å². The van der Waals surface area contributed by atoms with Crippen LogP contribution in [0.15, 0.2) is 57.0 Å². The van der Waals surface area contributed by atoms with E-state index in [1.165, 1.54) is 11.9 Å². The molecule has 1 amide bonds. The Morgan fingerprint density at radius 1 is 1.32 bits per heavy atom. The third kappa shape index (κ3) is 2.65. The first-order chi connectivity index (χ1) is 12.0. The van der Waals surface area contributed by atoms with Crippen LogP contribution >= 0.6 is 0 Å². The first-order valence-electron chi connectivity index (χ1n) is 8.07. The molecular weight excluding hydrogens is 318 g/mol. The summed E-state index contributed by atoms with van der Waals surface area (Å²) in [5.41, 5.74) is 2.84. The van der Waals surface area contributed by atoms with Gasteiger partial charge in [-0.05, 0) is 42.1 Å². The van der Waals surface area contributed by atoms with E-state index in [0.29, 0.717) is 23.5 Å². The van der Waals surface area contributed by atoms with Gasteiger partial charge in [0.05, 0.1) is 12.3 Å². The summed E-state index contributed by atoms with van der Waals surface area (Å²) in [6, 6.07) is 10.9. The number of amides is 1. The molecule has 0 bridgehead atoms. The highest BCUT2D eigenvalue weighted by atomic mass is 16.3. The van der Waals surface area contributed by atoms with Gasteiger partial charge in [0, 0.05) is 24.4 Å². The summed E-state index contributed by atoms with van der Waals surface area (Å²) in [5, 5.41) is 6.67. The minimum absolute atomic E-state index is 0.203. The maximum absolute atomic E-state index is 12.6. The fraction of sp³-hybridized carbons (Fsp3) is 0.211. The van der Waals surface area contributed by atoms with Crippen molar-refractivity contribution >= 4 is 22.5 Å². The maximum Gasteiger partial charge on any atom is 0.253 e. The number of H-pyrrole nitrogens is 1. The molecule has 2 aromatic heterocycles. The molecule has 1 atom stereocenters. The predicted molar refractivity (Wildman–Crippen MR) is 94.4 cm³/mol. The van der Waals surface area contributed by atoms with Gasteiger partial charge in [-0.15, -0.1) is 0 Å². The monoisotopic (exact) mass is 335 g/mol. The number of hydrogen-bond donors (Lipinski definition) is 1. The van der Waals surface area contributed by atoms with Crippen LogP contribution in [-0.2, 0) is 4.79 Å². The zero-order chi connectivity index (χ0) is 17.6. The lowest BCUT2D eigenvalue weighted by atomic mass is 10.00. The van der Waals surface area contributed by atoms with Crippen LogP contribution in [0.3, 0.4) is 0 Å². The molecular formula is C19H17N3O3. The average molecular weight is 335 g/mol. The molecule has 0 fully saturated rings. The van der Waals surface area contributed by atoms with Crippen LogP contribution in [-0.4, -0.2) is 21.6 Å². The highest BCUT2D eigenvalue weighted by molar-refractivity contribution is 6.01. The molecule has 0 radical (unpaired) electrons. The number of pyridine rings is 1. The largest absolute Gasteiger partial charge is 0.463 e. The Balaban J connectivity index is 1.79. The summed E-state index contributed by atoms with van der Waals surface area (Å²) < 4.78 is 5.39. The first kappa shape index (κ1) is 15.4. The van der Waals surface area contributed by atoms with Crippen molar-refractivity contribution in [3.63, 3.8) is 0 Å². The van der Waals surface area contributed by atoms with E-state index in [4.69, 9.17) is 4.42 Å². The zero-order valence-electron chi connectivity index (χ0n) is 13.9. The van der Waals surface area contributed by atoms with Gasteiger partial charge < -0.3 is 9.40 Å². The minimum atomic E-state index is -0.438. The second-order valence-corrected chi connectivity index (χ2v) is 6.25. The molecule has 0 saturated carbocycles. The number of carbonyl (C=O) groups is 1. The normalized spacial score (nSPS) is 17.1. The van der Waals surface area contributed by atoms with E-state index >= 15 is 0 Å². The van der Waals surface area contributed by atoms with Crippen molar-refractivity contribution < 1.29 is 9.21 Å². The van der Waals surface area contributed by atoms with E-state index in [2.05, 4.69) is 10.1 Å². The van der Waals surface area contributed by atoms with Crippen molar-refractivity contribution in [1.29, 1.82) is 0 Å². The number of carbonyl (C=O) groups excluding carboxylic acids is 1. The van der Waals surface area contributed by atoms with E-state index < -0.39 is 6.04 Å². The number of hydrazone groups is 1. The number of furan rings is 1. The van der Waals surface area contributed by atoms with Gasteiger partial charge in [-0.3, -0.25) is 9.59 Å². The van der Waals surface area contributed by atoms with Crippen LogP contribution in [0.1, 0.15) is 36.3 Å². The Morgan fingerprint density at radius 3 is 2.88 bits per heavy atom. The second-order valence-electron chi connectivity index (χ2n) is 6.25. The smallest absolute Gasteiger partial charge is 0.253 e. The lowest BCUT2D eigenvalue weighted by Gasteiger charge is -2.20. The molecule has 0 unspecified atom stereocenters. The topological polar surface area (TPSA) is 78.7 Å². The van der Waals surface area contributed by atoms with E-state index in [9.17, 15) is 9.59 Å². The number of aryl methyl sites for hydroxylation is 1. The lowest BCUT2D eigenvalue weighted by molar-refractivity contribution is -0.130. The van der Waals surface area contributed by atoms with Gasteiger partial charge in [0.2, 0.25) is 5.91 Å². The minimum Gasteiger partial charge on any atom is -0.463 e. The average Bonchev–Trinajstić information content (AvgIpc) is 3.23. The van der Waals surface area contributed by atoms with Gasteiger partial charge >= 0.3 is 0 Å². The Kier molecular flexibility index (Phi) is 3.53. The van der Waals surface area contributed by atoms with Crippen LogP contribution in [0.2, 0.25) is 0 Å². The number of rotatable bonds is 2. The highest BCUT2D eigenvalue weighted by Crippen LogP contribution is 2.32. The zero-order valence-corrected chi connectivity index (χ0v) is 13.9. The molecule has 3 aromatic rings. The van der Waals surface area contributed by atoms with Crippen LogP contribution in [0.4, 0.5) is 0 Å². The summed E-state index contributed by atoms with van der Waals surface area (Å²) in [6.45, 7) is 3.42. The molecule has 1 N–H and O–H groups in total. The van der Waals surface area contributed by atoms with Crippen LogP contribution < -0.4 is 5.56 Å². The van der Waals surface area contributed by atoms with Crippen molar-refractivity contribution in [1.82, 2.24) is 9.99 Å². The van der Waals surface area contributed by atoms with Gasteiger partial charge in [-0.1, -0.05) is 12.1 Å². The van der Waals surface area contributed by atoms with Gasteiger partial charge in [-0.2, -0.15) is 5.10 Å². The molecule has 1 aromatic carbocycles. The Bertz CT molecular complexity index is 1050. The Morgan fingerprint density at radius 2 is 2.16 bits per heavy atom. The third-order valence-electron chi connectivity index (χ3n) is 4.43. The molecule has 0 spiro atoms. The second kappa shape index (κ2) is 5.73. The molecule has 3 heterocycles. The molecule has 6 nitrogen and oxygen atoms in total. The summed E-state index contributed by atoms with van der Waals surface area (Å²) in [5.74, 6) is 0.400. The van der Waals surface area contributed by atoms with E-state index in [1.54, 1.807) is 18.4 Å². The van der Waals surface area contributed by atoms with E-state index in [-0.39, 0.29) is 11.5 Å². The quantitative estimate of drug-likeness (QED) is 0.781. The molecule has 4 rings (SSSR count). The number of hydrogen-bond acceptors (Lipinski definition) is 4. The molecule has 126 valence electrons. The standard InChI is InChI=1S/C19H17N3O3/c1-11-5-6-13-9-14(19(24)20-15(13)8-11)17-10-16(18-4-3-7-25-18)21-22(17)12(2)23/h3-9,17H,10H2,1-2H3,(H,20,24)/t17-/m0/s1. The summed E-state index contributed by atoms with van der Waals surface area (Å²) >= 11 is 0. The highest BCUT2D eigenvalue weighted by Gasteiger charge is 2.34. The molecule has 1 aliphatic heterocycles. The van der Waals surface area contributed by atoms with Crippen molar-refractivity contribution in [3.8, 4) is 0 Å². The fourth-order valence-corrected chi connectivity index (χ4v) is 3.21. The van der Waals surface area contributed by atoms with Gasteiger partial charge in [0.15, 0.2) is 0 Å². The van der Waals surface area contributed by atoms with Gasteiger partial charge in [-0.25, -0.2) is 5.01 Å². The molecule has 0 saturated heterocycles. The summed E-state index contributed by atoms with van der Waals surface area (Å²) in [6.07, 6.45) is 2.00. The van der Waals surface area contributed by atoms with E-state index in [1.807, 2.05) is 31.2 Å². The van der Waals surface area contributed by atoms with Gasteiger partial charge in [0.25, 0.3) is 5.56 Å². The van der Waals surface area contributed by atoms with Crippen molar-refractivity contribution in [2.24, 2.45) is 5.10 Å². The molecule has 0 aliphatic carbocycles. The van der Waals surface area contributed by atoms with Crippen LogP contribution in [0.25, 0.3) is 10.9 Å². The Labute approximate surface area is 143 Å². The van der Waals surface area contributed by atoms with Crippen molar-refractivity contribution in [2.45, 2.75) is 26.3 Å². The lowest BCUT2D eigenvalue weighted by Crippen LogP contribution is -2.29. The SMILES string of the molecule is CC(=O)N1N=C(c2ccco2)C[C@H]1c1cc2ccc(C)cc2[nH]c1=O. The van der Waals surface area contributed by atoms with Gasteiger partial charge in [0.1, 0.15) is 11.5 Å². The molecule has 25 heavy (non-hydrogen) atoms. The summed E-state index contributed by atoms with van der Waals surface area (Å²) in [4.78, 5) is 27.6. The number of fused-ring (bicyclic) bond motifs is 1. The Hall–Kier alpha value is -3.15. The number of aromatic nitrogens is 1. The number of nitrogens with one attached hydrogen (secondary N) is 1.